The lowest BCUT2D eigenvalue weighted by Gasteiger charge is -2.20. The zero-order valence-electron chi connectivity index (χ0n) is 9.90. The largest absolute Gasteiger partial charge is 0.397 e. The Bertz CT molecular complexity index is 450. The lowest BCUT2D eigenvalue weighted by molar-refractivity contribution is -0.125. The first kappa shape index (κ1) is 11.6. The van der Waals surface area contributed by atoms with Crippen LogP contribution >= 0.6 is 0 Å². The maximum absolute atomic E-state index is 11.9. The van der Waals surface area contributed by atoms with Gasteiger partial charge in [0, 0.05) is 12.8 Å². The standard InChI is InChI=1S/C13H16N2O2/c1-9-6-7-11(10(14)8-9)15-12(16)4-2-3-5-13(15)17/h6-8H,2-5,14H2,1H3. The van der Waals surface area contributed by atoms with Crippen molar-refractivity contribution in [2.45, 2.75) is 32.6 Å². The number of amides is 2. The van der Waals surface area contributed by atoms with Crippen LogP contribution in [0.3, 0.4) is 0 Å². The van der Waals surface area contributed by atoms with Gasteiger partial charge in [-0.05, 0) is 37.5 Å². The second-order valence-electron chi connectivity index (χ2n) is 4.39. The Hall–Kier alpha value is -1.84. The van der Waals surface area contributed by atoms with Crippen LogP contribution in [0.25, 0.3) is 0 Å². The Morgan fingerprint density at radius 3 is 2.24 bits per heavy atom. The van der Waals surface area contributed by atoms with E-state index in [9.17, 15) is 9.59 Å². The number of nitrogens with two attached hydrogens (primary N) is 1. The lowest BCUT2D eigenvalue weighted by Crippen LogP contribution is -2.35. The summed E-state index contributed by atoms with van der Waals surface area (Å²) in [5.74, 6) is -0.300. The van der Waals surface area contributed by atoms with Gasteiger partial charge < -0.3 is 5.73 Å². The number of benzene rings is 1. The van der Waals surface area contributed by atoms with Crippen LogP contribution in [-0.2, 0) is 9.59 Å². The minimum Gasteiger partial charge on any atom is -0.397 e. The van der Waals surface area contributed by atoms with E-state index in [1.54, 1.807) is 12.1 Å². The molecule has 17 heavy (non-hydrogen) atoms. The SMILES string of the molecule is Cc1ccc(N2C(=O)CCCCC2=O)c(N)c1. The molecule has 0 bridgehead atoms. The first-order valence-corrected chi connectivity index (χ1v) is 5.81. The number of carbonyl (C=O) groups is 2. The summed E-state index contributed by atoms with van der Waals surface area (Å²) >= 11 is 0. The normalized spacial score (nSPS) is 17.1. The van der Waals surface area contributed by atoms with Crippen molar-refractivity contribution in [1.29, 1.82) is 0 Å². The van der Waals surface area contributed by atoms with Crippen LogP contribution in [0, 0.1) is 6.92 Å². The molecule has 2 N–H and O–H groups in total. The molecule has 4 nitrogen and oxygen atoms in total. The van der Waals surface area contributed by atoms with E-state index in [0.717, 1.165) is 18.4 Å². The molecule has 0 radical (unpaired) electrons. The van der Waals surface area contributed by atoms with Crippen LogP contribution in [0.4, 0.5) is 11.4 Å². The van der Waals surface area contributed by atoms with Gasteiger partial charge >= 0.3 is 0 Å². The van der Waals surface area contributed by atoms with E-state index >= 15 is 0 Å². The molecule has 1 saturated heterocycles. The minimum atomic E-state index is -0.150. The predicted octanol–water partition coefficient (Wildman–Crippen LogP) is 2.01. The minimum absolute atomic E-state index is 0.150. The average molecular weight is 232 g/mol. The molecule has 90 valence electrons. The van der Waals surface area contributed by atoms with E-state index < -0.39 is 0 Å². The Labute approximate surface area is 100 Å². The van der Waals surface area contributed by atoms with Crippen molar-refractivity contribution in [3.8, 4) is 0 Å². The Morgan fingerprint density at radius 1 is 1.12 bits per heavy atom. The molecular formula is C13H16N2O2. The molecule has 1 fully saturated rings. The summed E-state index contributed by atoms with van der Waals surface area (Å²) in [6.07, 6.45) is 2.37. The molecule has 2 amide bonds. The number of aryl methyl sites for hydroxylation is 1. The van der Waals surface area contributed by atoms with Gasteiger partial charge in [-0.25, -0.2) is 4.90 Å². The Kier molecular flexibility index (Phi) is 3.13. The third kappa shape index (κ3) is 2.30. The third-order valence-corrected chi connectivity index (χ3v) is 2.95. The number of anilines is 2. The highest BCUT2D eigenvalue weighted by molar-refractivity contribution is 6.16. The number of nitrogen functional groups attached to an aromatic ring is 1. The van der Waals surface area contributed by atoms with Gasteiger partial charge in [-0.15, -0.1) is 0 Å². The van der Waals surface area contributed by atoms with Crippen LogP contribution in [0.15, 0.2) is 18.2 Å². The summed E-state index contributed by atoms with van der Waals surface area (Å²) < 4.78 is 0. The summed E-state index contributed by atoms with van der Waals surface area (Å²) in [6.45, 7) is 1.92. The first-order valence-electron chi connectivity index (χ1n) is 5.81. The number of hydrogen-bond acceptors (Lipinski definition) is 3. The van der Waals surface area contributed by atoms with Crippen molar-refractivity contribution in [3.05, 3.63) is 23.8 Å². The highest BCUT2D eigenvalue weighted by Gasteiger charge is 2.26. The maximum atomic E-state index is 11.9. The van der Waals surface area contributed by atoms with Crippen molar-refractivity contribution >= 4 is 23.2 Å². The fourth-order valence-corrected chi connectivity index (χ4v) is 2.06. The number of carbonyl (C=O) groups excluding carboxylic acids is 2. The predicted molar refractivity (Wildman–Crippen MR) is 66.6 cm³/mol. The molecule has 0 saturated carbocycles. The molecule has 1 aromatic carbocycles. The fourth-order valence-electron chi connectivity index (χ4n) is 2.06. The number of hydrogen-bond donors (Lipinski definition) is 1. The monoisotopic (exact) mass is 232 g/mol. The van der Waals surface area contributed by atoms with Gasteiger partial charge in [0.25, 0.3) is 0 Å². The summed E-state index contributed by atoms with van der Waals surface area (Å²) in [5.41, 5.74) is 7.90. The number of imide groups is 1. The van der Waals surface area contributed by atoms with Gasteiger partial charge in [0.2, 0.25) is 11.8 Å². The van der Waals surface area contributed by atoms with Gasteiger partial charge in [0.15, 0.2) is 0 Å². The molecule has 0 unspecified atom stereocenters. The van der Waals surface area contributed by atoms with E-state index in [1.807, 2.05) is 13.0 Å². The zero-order chi connectivity index (χ0) is 12.4. The van der Waals surface area contributed by atoms with Gasteiger partial charge in [-0.3, -0.25) is 9.59 Å². The summed E-state index contributed by atoms with van der Waals surface area (Å²) in [7, 11) is 0. The molecule has 2 rings (SSSR count). The number of nitrogens with zero attached hydrogens (tertiary/aromatic N) is 1. The van der Waals surface area contributed by atoms with Crippen molar-refractivity contribution < 1.29 is 9.59 Å². The molecule has 1 heterocycles. The topological polar surface area (TPSA) is 63.4 Å². The van der Waals surface area contributed by atoms with Crippen LogP contribution in [0.5, 0.6) is 0 Å². The average Bonchev–Trinajstić information content (AvgIpc) is 2.42. The summed E-state index contributed by atoms with van der Waals surface area (Å²) in [6, 6.07) is 5.38. The molecule has 0 atom stereocenters. The van der Waals surface area contributed by atoms with E-state index in [0.29, 0.717) is 24.2 Å². The highest BCUT2D eigenvalue weighted by Crippen LogP contribution is 2.27. The molecule has 1 aliphatic rings. The van der Waals surface area contributed by atoms with Crippen molar-refractivity contribution in [1.82, 2.24) is 0 Å². The molecule has 0 aliphatic carbocycles. The lowest BCUT2D eigenvalue weighted by atomic mass is 10.1. The second kappa shape index (κ2) is 4.57. The van der Waals surface area contributed by atoms with Crippen LogP contribution in [-0.4, -0.2) is 11.8 Å². The van der Waals surface area contributed by atoms with Gasteiger partial charge in [0.05, 0.1) is 11.4 Å². The third-order valence-electron chi connectivity index (χ3n) is 2.95. The molecule has 4 heteroatoms. The first-order chi connectivity index (χ1) is 8.09. The van der Waals surface area contributed by atoms with Crippen LogP contribution < -0.4 is 10.6 Å². The fraction of sp³-hybridized carbons (Fsp3) is 0.385. The van der Waals surface area contributed by atoms with E-state index in [-0.39, 0.29) is 11.8 Å². The zero-order valence-corrected chi connectivity index (χ0v) is 9.90. The van der Waals surface area contributed by atoms with Gasteiger partial charge in [-0.2, -0.15) is 0 Å². The van der Waals surface area contributed by atoms with Crippen LogP contribution in [0.1, 0.15) is 31.2 Å². The summed E-state index contributed by atoms with van der Waals surface area (Å²) in [4.78, 5) is 25.1. The smallest absolute Gasteiger partial charge is 0.233 e. The molecule has 1 aromatic rings. The van der Waals surface area contributed by atoms with E-state index in [4.69, 9.17) is 5.73 Å². The molecule has 0 aromatic heterocycles. The van der Waals surface area contributed by atoms with Gasteiger partial charge in [0.1, 0.15) is 0 Å². The maximum Gasteiger partial charge on any atom is 0.233 e. The van der Waals surface area contributed by atoms with Crippen molar-refractivity contribution in [2.24, 2.45) is 0 Å². The van der Waals surface area contributed by atoms with E-state index in [1.165, 1.54) is 4.90 Å². The van der Waals surface area contributed by atoms with E-state index in [2.05, 4.69) is 0 Å². The quantitative estimate of drug-likeness (QED) is 0.595. The van der Waals surface area contributed by atoms with Crippen molar-refractivity contribution in [2.75, 3.05) is 10.6 Å². The Balaban J connectivity index is 2.41. The Morgan fingerprint density at radius 2 is 1.71 bits per heavy atom. The summed E-state index contributed by atoms with van der Waals surface area (Å²) in [5, 5.41) is 0. The molecule has 0 spiro atoms. The second-order valence-corrected chi connectivity index (χ2v) is 4.39. The van der Waals surface area contributed by atoms with Crippen molar-refractivity contribution in [3.63, 3.8) is 0 Å². The molecular weight excluding hydrogens is 216 g/mol. The molecule has 1 aliphatic heterocycles. The van der Waals surface area contributed by atoms with Crippen LogP contribution in [0.2, 0.25) is 0 Å². The highest BCUT2D eigenvalue weighted by atomic mass is 16.2. The number of rotatable bonds is 1. The van der Waals surface area contributed by atoms with Gasteiger partial charge in [-0.1, -0.05) is 6.07 Å².